The molecule has 0 aliphatic rings. The van der Waals surface area contributed by atoms with Crippen LogP contribution < -0.4 is 9.46 Å². The third-order valence-electron chi connectivity index (χ3n) is 4.36. The number of aromatic nitrogens is 1. The minimum atomic E-state index is -4.89. The van der Waals surface area contributed by atoms with E-state index in [0.29, 0.717) is 35.3 Å². The first-order valence-corrected chi connectivity index (χ1v) is 9.45. The first-order chi connectivity index (χ1) is 14.0. The lowest BCUT2D eigenvalue weighted by atomic mass is 10.0. The molecule has 0 aliphatic heterocycles. The van der Waals surface area contributed by atoms with E-state index in [9.17, 15) is 26.3 Å². The Bertz CT molecular complexity index is 1020. The lowest BCUT2D eigenvalue weighted by Gasteiger charge is -2.18. The Morgan fingerprint density at radius 2 is 1.57 bits per heavy atom. The molecule has 1 atom stereocenters. The molecule has 1 aromatic heterocycles. The van der Waals surface area contributed by atoms with Crippen molar-refractivity contribution in [2.75, 3.05) is 7.11 Å². The second-order valence-electron chi connectivity index (χ2n) is 6.47. The van der Waals surface area contributed by atoms with Crippen LogP contribution in [0.15, 0.2) is 53.6 Å². The molecule has 0 bridgehead atoms. The monoisotopic (exact) mass is 446 g/mol. The quantitative estimate of drug-likeness (QED) is 0.352. The molecule has 1 heterocycles. The van der Waals surface area contributed by atoms with Gasteiger partial charge in [0.15, 0.2) is 0 Å². The van der Waals surface area contributed by atoms with E-state index >= 15 is 0 Å². The molecule has 3 aromatic rings. The lowest BCUT2D eigenvalue weighted by molar-refractivity contribution is -0.143. The van der Waals surface area contributed by atoms with Crippen LogP contribution in [0.25, 0.3) is 10.9 Å². The Kier molecular flexibility index (Phi) is 6.19. The second-order valence-corrected chi connectivity index (χ2v) is 7.38. The average molecular weight is 446 g/mol. The summed E-state index contributed by atoms with van der Waals surface area (Å²) in [7, 11) is 1.51. The third kappa shape index (κ3) is 4.99. The summed E-state index contributed by atoms with van der Waals surface area (Å²) in [6, 6.07) is 8.08. The molecule has 3 rings (SSSR count). The van der Waals surface area contributed by atoms with Crippen molar-refractivity contribution in [2.45, 2.75) is 30.2 Å². The molecule has 160 valence electrons. The highest BCUT2D eigenvalue weighted by atomic mass is 32.2. The second kappa shape index (κ2) is 8.35. The predicted octanol–water partition coefficient (Wildman–Crippen LogP) is 6.64. The Morgan fingerprint density at radius 3 is 2.13 bits per heavy atom. The van der Waals surface area contributed by atoms with Gasteiger partial charge >= 0.3 is 12.4 Å². The molecular formula is C20H16F6N2OS. The van der Waals surface area contributed by atoms with Crippen LogP contribution in [0.1, 0.15) is 29.7 Å². The first kappa shape index (κ1) is 22.2. The van der Waals surface area contributed by atoms with Gasteiger partial charge in [-0.2, -0.15) is 26.3 Å². The van der Waals surface area contributed by atoms with Gasteiger partial charge < -0.3 is 4.74 Å². The lowest BCUT2D eigenvalue weighted by Crippen LogP contribution is -2.13. The zero-order valence-electron chi connectivity index (χ0n) is 15.7. The summed E-state index contributed by atoms with van der Waals surface area (Å²) in [5, 5.41) is 0.762. The number of halogens is 6. The van der Waals surface area contributed by atoms with Crippen molar-refractivity contribution in [2.24, 2.45) is 0 Å². The summed E-state index contributed by atoms with van der Waals surface area (Å²) < 4.78 is 86.3. The molecule has 0 unspecified atom stereocenters. The summed E-state index contributed by atoms with van der Waals surface area (Å²) in [4.78, 5) is 4.06. The van der Waals surface area contributed by atoms with Gasteiger partial charge in [-0.25, -0.2) is 0 Å². The van der Waals surface area contributed by atoms with Crippen molar-refractivity contribution < 1.29 is 31.1 Å². The van der Waals surface area contributed by atoms with Crippen LogP contribution in [-0.4, -0.2) is 12.1 Å². The maximum atomic E-state index is 13.0. The molecule has 0 aliphatic carbocycles. The fourth-order valence-corrected chi connectivity index (χ4v) is 3.67. The molecule has 1 N–H and O–H groups in total. The molecule has 0 saturated heterocycles. The fourth-order valence-electron chi connectivity index (χ4n) is 2.86. The van der Waals surface area contributed by atoms with Gasteiger partial charge in [-0.1, -0.05) is 0 Å². The number of fused-ring (bicyclic) bond motifs is 1. The van der Waals surface area contributed by atoms with Gasteiger partial charge in [-0.15, -0.1) is 0 Å². The first-order valence-electron chi connectivity index (χ1n) is 8.63. The number of rotatable bonds is 5. The Morgan fingerprint density at radius 1 is 0.933 bits per heavy atom. The van der Waals surface area contributed by atoms with Crippen LogP contribution >= 0.6 is 11.9 Å². The van der Waals surface area contributed by atoms with E-state index < -0.39 is 29.5 Å². The van der Waals surface area contributed by atoms with Crippen LogP contribution in [0.5, 0.6) is 5.75 Å². The zero-order valence-corrected chi connectivity index (χ0v) is 16.5. The number of alkyl halides is 6. The van der Waals surface area contributed by atoms with E-state index in [0.717, 1.165) is 10.9 Å². The molecule has 0 fully saturated rings. The summed E-state index contributed by atoms with van der Waals surface area (Å²) in [5.74, 6) is 0.601. The van der Waals surface area contributed by atoms with Crippen molar-refractivity contribution in [3.05, 3.63) is 65.4 Å². The summed E-state index contributed by atoms with van der Waals surface area (Å²) in [5.41, 5.74) is -1.25. The van der Waals surface area contributed by atoms with E-state index in [-0.39, 0.29) is 11.0 Å². The van der Waals surface area contributed by atoms with Crippen LogP contribution in [0.2, 0.25) is 0 Å². The molecule has 0 spiro atoms. The summed E-state index contributed by atoms with van der Waals surface area (Å²) >= 11 is 0.701. The normalized spacial score (nSPS) is 13.5. The summed E-state index contributed by atoms with van der Waals surface area (Å²) in [6.45, 7) is 1.75. The van der Waals surface area contributed by atoms with Crippen molar-refractivity contribution in [1.82, 2.24) is 9.71 Å². The molecule has 3 nitrogen and oxygen atoms in total. The molecule has 30 heavy (non-hydrogen) atoms. The minimum Gasteiger partial charge on any atom is -0.497 e. The zero-order chi connectivity index (χ0) is 22.1. The Labute approximate surface area is 172 Å². The van der Waals surface area contributed by atoms with Gasteiger partial charge in [0.25, 0.3) is 0 Å². The van der Waals surface area contributed by atoms with E-state index in [4.69, 9.17) is 4.74 Å². The highest BCUT2D eigenvalue weighted by Crippen LogP contribution is 2.38. The number of nitrogens with one attached hydrogen (secondary N) is 1. The number of methoxy groups -OCH3 is 1. The SMILES string of the molecule is COc1ccc2nccc([C@@H](C)NSc3cc(C(F)(F)F)cc(C(F)(F)F)c3)c2c1. The molecule has 2 aromatic carbocycles. The Hall–Kier alpha value is -2.46. The van der Waals surface area contributed by atoms with Crippen molar-refractivity contribution in [3.63, 3.8) is 0 Å². The van der Waals surface area contributed by atoms with E-state index in [1.165, 1.54) is 7.11 Å². The van der Waals surface area contributed by atoms with Gasteiger partial charge in [-0.3, -0.25) is 9.71 Å². The maximum absolute atomic E-state index is 13.0. The topological polar surface area (TPSA) is 34.1 Å². The van der Waals surface area contributed by atoms with Crippen molar-refractivity contribution in [3.8, 4) is 5.75 Å². The number of benzene rings is 2. The number of nitrogens with zero attached hydrogens (tertiary/aromatic N) is 1. The Balaban J connectivity index is 1.89. The van der Waals surface area contributed by atoms with Gasteiger partial charge in [0.2, 0.25) is 0 Å². The van der Waals surface area contributed by atoms with Gasteiger partial charge in [-0.05, 0) is 66.9 Å². The average Bonchev–Trinajstić information content (AvgIpc) is 2.69. The van der Waals surface area contributed by atoms with Crippen LogP contribution in [0.3, 0.4) is 0 Å². The van der Waals surface area contributed by atoms with Gasteiger partial charge in [0.05, 0.1) is 23.8 Å². The highest BCUT2D eigenvalue weighted by molar-refractivity contribution is 7.97. The third-order valence-corrected chi connectivity index (χ3v) is 5.31. The number of hydrogen-bond donors (Lipinski definition) is 1. The number of ether oxygens (including phenoxy) is 1. The minimum absolute atomic E-state index is 0.107. The molecule has 0 radical (unpaired) electrons. The standard InChI is InChI=1S/C20H16F6N2OS/c1-11(16-5-6-27-18-4-3-14(29-2)10-17(16)18)28-30-15-8-12(19(21,22)23)7-13(9-15)20(24,25)26/h3-11,28H,1-2H3/t11-/m1/s1. The van der Waals surface area contributed by atoms with Gasteiger partial charge in [0.1, 0.15) is 5.75 Å². The smallest absolute Gasteiger partial charge is 0.416 e. The van der Waals surface area contributed by atoms with Crippen LogP contribution in [0, 0.1) is 0 Å². The predicted molar refractivity (Wildman–Crippen MR) is 102 cm³/mol. The number of pyridine rings is 1. The van der Waals surface area contributed by atoms with Crippen molar-refractivity contribution in [1.29, 1.82) is 0 Å². The fraction of sp³-hybridized carbons (Fsp3) is 0.250. The summed E-state index contributed by atoms with van der Waals surface area (Å²) in [6.07, 6.45) is -8.20. The molecule has 0 amide bonds. The molecular weight excluding hydrogens is 430 g/mol. The van der Waals surface area contributed by atoms with Gasteiger partial charge in [0, 0.05) is 22.5 Å². The van der Waals surface area contributed by atoms with E-state index in [1.54, 1.807) is 37.4 Å². The maximum Gasteiger partial charge on any atom is 0.416 e. The van der Waals surface area contributed by atoms with Crippen molar-refractivity contribution >= 4 is 22.9 Å². The molecule has 10 heteroatoms. The van der Waals surface area contributed by atoms with Crippen LogP contribution in [-0.2, 0) is 12.4 Å². The molecule has 0 saturated carbocycles. The highest BCUT2D eigenvalue weighted by Gasteiger charge is 2.37. The number of hydrogen-bond acceptors (Lipinski definition) is 4. The van der Waals surface area contributed by atoms with E-state index in [1.807, 2.05) is 0 Å². The largest absolute Gasteiger partial charge is 0.497 e. The van der Waals surface area contributed by atoms with Crippen LogP contribution in [0.4, 0.5) is 26.3 Å². The van der Waals surface area contributed by atoms with E-state index in [2.05, 4.69) is 9.71 Å².